The Labute approximate surface area is 140 Å². The molecule has 2 rings (SSSR count). The largest absolute Gasteiger partial charge is 0.494 e. The topological polar surface area (TPSA) is 41.6 Å². The Balaban J connectivity index is 2.04. The van der Waals surface area contributed by atoms with Crippen molar-refractivity contribution >= 4 is 5.78 Å². The van der Waals surface area contributed by atoms with Gasteiger partial charge in [0.05, 0.1) is 6.61 Å². The van der Waals surface area contributed by atoms with E-state index in [2.05, 4.69) is 24.1 Å². The Morgan fingerprint density at radius 2 is 2.04 bits per heavy atom. The number of aryl methyl sites for hydroxylation is 1. The van der Waals surface area contributed by atoms with Gasteiger partial charge in [-0.05, 0) is 36.6 Å². The summed E-state index contributed by atoms with van der Waals surface area (Å²) in [5.41, 5.74) is 1.95. The maximum Gasteiger partial charge on any atom is 0.167 e. The average Bonchev–Trinajstić information content (AvgIpc) is 2.59. The fourth-order valence-electron chi connectivity index (χ4n) is 3.04. The van der Waals surface area contributed by atoms with Crippen LogP contribution < -0.4 is 10.1 Å². The summed E-state index contributed by atoms with van der Waals surface area (Å²) in [5, 5.41) is 3.35. The smallest absolute Gasteiger partial charge is 0.167 e. The highest BCUT2D eigenvalue weighted by Gasteiger charge is 2.21. The van der Waals surface area contributed by atoms with Crippen LogP contribution in [0.25, 0.3) is 0 Å². The first-order valence-electron chi connectivity index (χ1n) is 8.88. The number of hydrogen-bond acceptors (Lipinski definition) is 4. The highest BCUT2D eigenvalue weighted by Crippen LogP contribution is 2.22. The number of benzene rings is 1. The minimum atomic E-state index is 0.0285. The Morgan fingerprint density at radius 1 is 1.30 bits per heavy atom. The van der Waals surface area contributed by atoms with E-state index in [0.29, 0.717) is 0 Å². The number of rotatable bonds is 8. The van der Waals surface area contributed by atoms with Crippen molar-refractivity contribution in [3.8, 4) is 5.75 Å². The van der Waals surface area contributed by atoms with E-state index in [1.807, 2.05) is 25.1 Å². The third-order valence-electron chi connectivity index (χ3n) is 4.39. The Hall–Kier alpha value is -1.39. The zero-order valence-corrected chi connectivity index (χ0v) is 14.7. The van der Waals surface area contributed by atoms with Crippen LogP contribution in [0.1, 0.15) is 43.1 Å². The first-order valence-corrected chi connectivity index (χ1v) is 8.88. The van der Waals surface area contributed by atoms with Gasteiger partial charge in [0.15, 0.2) is 5.78 Å². The van der Waals surface area contributed by atoms with Gasteiger partial charge in [-0.15, -0.1) is 0 Å². The molecule has 1 N–H and O–H groups in total. The molecule has 1 aromatic carbocycles. The van der Waals surface area contributed by atoms with Crippen LogP contribution in [0.15, 0.2) is 18.2 Å². The van der Waals surface area contributed by atoms with Crippen molar-refractivity contribution in [2.24, 2.45) is 5.92 Å². The van der Waals surface area contributed by atoms with Crippen LogP contribution in [-0.4, -0.2) is 50.0 Å². The third kappa shape index (κ3) is 5.05. The summed E-state index contributed by atoms with van der Waals surface area (Å²) in [7, 11) is 0. The summed E-state index contributed by atoms with van der Waals surface area (Å²) in [5.74, 6) is 1.15. The maximum atomic E-state index is 12.8. The molecule has 23 heavy (non-hydrogen) atoms. The van der Waals surface area contributed by atoms with Gasteiger partial charge < -0.3 is 15.0 Å². The molecule has 1 saturated heterocycles. The zero-order valence-electron chi connectivity index (χ0n) is 14.7. The summed E-state index contributed by atoms with van der Waals surface area (Å²) in [6.07, 6.45) is 1.84. The molecule has 0 radical (unpaired) electrons. The van der Waals surface area contributed by atoms with Gasteiger partial charge in [-0.3, -0.25) is 4.79 Å². The van der Waals surface area contributed by atoms with E-state index in [-0.39, 0.29) is 11.7 Å². The van der Waals surface area contributed by atoms with E-state index >= 15 is 0 Å². The van der Waals surface area contributed by atoms with Gasteiger partial charge >= 0.3 is 0 Å². The van der Waals surface area contributed by atoms with Gasteiger partial charge in [-0.1, -0.05) is 20.8 Å². The highest BCUT2D eigenvalue weighted by atomic mass is 16.5. The molecule has 1 atom stereocenters. The highest BCUT2D eigenvalue weighted by molar-refractivity contribution is 5.99. The molecule has 4 nitrogen and oxygen atoms in total. The molecule has 4 heteroatoms. The van der Waals surface area contributed by atoms with E-state index in [1.165, 1.54) is 0 Å². The molecule has 0 bridgehead atoms. The summed E-state index contributed by atoms with van der Waals surface area (Å²) in [6.45, 7) is 11.9. The van der Waals surface area contributed by atoms with Gasteiger partial charge in [-0.2, -0.15) is 0 Å². The van der Waals surface area contributed by atoms with Gasteiger partial charge in [0.2, 0.25) is 0 Å². The third-order valence-corrected chi connectivity index (χ3v) is 4.39. The van der Waals surface area contributed by atoms with Crippen LogP contribution in [0.3, 0.4) is 0 Å². The number of nitrogens with zero attached hydrogens (tertiary/aromatic N) is 1. The minimum Gasteiger partial charge on any atom is -0.494 e. The minimum absolute atomic E-state index is 0.0285. The van der Waals surface area contributed by atoms with Crippen molar-refractivity contribution in [3.63, 3.8) is 0 Å². The molecule has 0 aliphatic carbocycles. The molecular weight excluding hydrogens is 288 g/mol. The first-order chi connectivity index (χ1) is 11.2. The average molecular weight is 318 g/mol. The van der Waals surface area contributed by atoms with Gasteiger partial charge in [-0.25, -0.2) is 0 Å². The molecule has 1 unspecified atom stereocenters. The standard InChI is InChI=1S/C19H30N2O2/c1-4-12-23-17-6-7-18(16(5-2)13-17)19(22)15(3)14-21-10-8-20-9-11-21/h6-7,13,15,20H,4-5,8-12,14H2,1-3H3. The SMILES string of the molecule is CCCOc1ccc(C(=O)C(C)CN2CCNCC2)c(CC)c1. The van der Waals surface area contributed by atoms with Gasteiger partial charge in [0.1, 0.15) is 5.75 Å². The molecule has 0 amide bonds. The normalized spacial score (nSPS) is 17.0. The van der Waals surface area contributed by atoms with Crippen LogP contribution >= 0.6 is 0 Å². The van der Waals surface area contributed by atoms with Crippen LogP contribution in [0.2, 0.25) is 0 Å². The number of ether oxygens (including phenoxy) is 1. The van der Waals surface area contributed by atoms with Crippen molar-refractivity contribution in [3.05, 3.63) is 29.3 Å². The van der Waals surface area contributed by atoms with E-state index in [4.69, 9.17) is 4.74 Å². The van der Waals surface area contributed by atoms with Crippen LogP contribution in [0, 0.1) is 5.92 Å². The summed E-state index contributed by atoms with van der Waals surface area (Å²) >= 11 is 0. The lowest BCUT2D eigenvalue weighted by molar-refractivity contribution is 0.0886. The lowest BCUT2D eigenvalue weighted by atomic mass is 9.93. The molecule has 1 aliphatic heterocycles. The molecular formula is C19H30N2O2. The van der Waals surface area contributed by atoms with Crippen molar-refractivity contribution < 1.29 is 9.53 Å². The van der Waals surface area contributed by atoms with Crippen molar-refractivity contribution in [1.82, 2.24) is 10.2 Å². The second-order valence-corrected chi connectivity index (χ2v) is 6.34. The van der Waals surface area contributed by atoms with Crippen LogP contribution in [0.5, 0.6) is 5.75 Å². The van der Waals surface area contributed by atoms with E-state index in [9.17, 15) is 4.79 Å². The number of Topliss-reactive ketones (excluding diaryl/α,β-unsaturated/α-hetero) is 1. The number of nitrogens with one attached hydrogen (secondary N) is 1. The van der Waals surface area contributed by atoms with Gasteiger partial charge in [0.25, 0.3) is 0 Å². The van der Waals surface area contributed by atoms with Crippen molar-refractivity contribution in [2.45, 2.75) is 33.6 Å². The predicted octanol–water partition coefficient (Wildman–Crippen LogP) is 2.76. The zero-order chi connectivity index (χ0) is 16.7. The predicted molar refractivity (Wildman–Crippen MR) is 94.4 cm³/mol. The van der Waals surface area contributed by atoms with E-state index in [0.717, 1.165) is 69.0 Å². The van der Waals surface area contributed by atoms with Gasteiger partial charge in [0, 0.05) is 44.2 Å². The number of hydrogen-bond donors (Lipinski definition) is 1. The summed E-state index contributed by atoms with van der Waals surface area (Å²) < 4.78 is 5.69. The van der Waals surface area contributed by atoms with Crippen molar-refractivity contribution in [1.29, 1.82) is 0 Å². The molecule has 1 aromatic rings. The second kappa shape index (κ2) is 9.04. The number of carbonyl (C=O) groups excluding carboxylic acids is 1. The van der Waals surface area contributed by atoms with Crippen LogP contribution in [-0.2, 0) is 6.42 Å². The van der Waals surface area contributed by atoms with Crippen LogP contribution in [0.4, 0.5) is 0 Å². The summed E-state index contributed by atoms with van der Waals surface area (Å²) in [6, 6.07) is 5.90. The Morgan fingerprint density at radius 3 is 2.70 bits per heavy atom. The fraction of sp³-hybridized carbons (Fsp3) is 0.632. The molecule has 1 heterocycles. The maximum absolute atomic E-state index is 12.8. The lowest BCUT2D eigenvalue weighted by Gasteiger charge is -2.29. The molecule has 128 valence electrons. The molecule has 0 saturated carbocycles. The monoisotopic (exact) mass is 318 g/mol. The fourth-order valence-corrected chi connectivity index (χ4v) is 3.04. The molecule has 1 fully saturated rings. The molecule has 1 aliphatic rings. The number of ketones is 1. The molecule has 0 spiro atoms. The first kappa shape index (κ1) is 18.0. The molecule has 0 aromatic heterocycles. The van der Waals surface area contributed by atoms with Crippen molar-refractivity contribution in [2.75, 3.05) is 39.3 Å². The van der Waals surface area contributed by atoms with E-state index in [1.54, 1.807) is 0 Å². The summed E-state index contributed by atoms with van der Waals surface area (Å²) in [4.78, 5) is 15.2. The number of piperazine rings is 1. The quantitative estimate of drug-likeness (QED) is 0.748. The Kier molecular flexibility index (Phi) is 7.06. The van der Waals surface area contributed by atoms with E-state index < -0.39 is 0 Å². The number of carbonyl (C=O) groups is 1. The lowest BCUT2D eigenvalue weighted by Crippen LogP contribution is -2.45. The second-order valence-electron chi connectivity index (χ2n) is 6.34. The Bertz CT molecular complexity index is 510.